The predicted octanol–water partition coefficient (Wildman–Crippen LogP) is 2.75. The molecule has 0 aliphatic heterocycles. The van der Waals surface area contributed by atoms with E-state index in [1.807, 2.05) is 32.9 Å². The van der Waals surface area contributed by atoms with Gasteiger partial charge in [0.05, 0.1) is 0 Å². The van der Waals surface area contributed by atoms with Crippen molar-refractivity contribution in [2.45, 2.75) is 33.2 Å². The van der Waals surface area contributed by atoms with Crippen LogP contribution >= 0.6 is 11.3 Å². The van der Waals surface area contributed by atoms with E-state index >= 15 is 0 Å². The van der Waals surface area contributed by atoms with Crippen LogP contribution in [-0.4, -0.2) is 27.1 Å². The van der Waals surface area contributed by atoms with E-state index in [4.69, 9.17) is 0 Å². The number of nitrogens with zero attached hydrogens (tertiary/aromatic N) is 4. The first-order valence-corrected chi connectivity index (χ1v) is 7.01. The van der Waals surface area contributed by atoms with Crippen LogP contribution in [0.5, 0.6) is 0 Å². The van der Waals surface area contributed by atoms with Crippen molar-refractivity contribution in [3.05, 3.63) is 24.5 Å². The third-order valence-corrected chi connectivity index (χ3v) is 3.59. The van der Waals surface area contributed by atoms with E-state index < -0.39 is 0 Å². The quantitative estimate of drug-likeness (QED) is 0.861. The molecule has 0 unspecified atom stereocenters. The normalized spacial score (nSPS) is 10.7. The molecule has 0 saturated carbocycles. The SMILES string of the molecule is CCC(=O)N(c1nnc(-c2cccnc2)s1)C(C)C. The van der Waals surface area contributed by atoms with Crippen molar-refractivity contribution >= 4 is 22.4 Å². The van der Waals surface area contributed by atoms with Crippen LogP contribution < -0.4 is 4.90 Å². The van der Waals surface area contributed by atoms with Crippen LogP contribution in [0.1, 0.15) is 27.2 Å². The minimum absolute atomic E-state index is 0.0592. The monoisotopic (exact) mass is 276 g/mol. The summed E-state index contributed by atoms with van der Waals surface area (Å²) >= 11 is 1.41. The number of hydrogen-bond donors (Lipinski definition) is 0. The number of rotatable bonds is 4. The van der Waals surface area contributed by atoms with Gasteiger partial charge in [-0.3, -0.25) is 14.7 Å². The van der Waals surface area contributed by atoms with Gasteiger partial charge in [0.25, 0.3) is 0 Å². The smallest absolute Gasteiger partial charge is 0.228 e. The van der Waals surface area contributed by atoms with Gasteiger partial charge in [-0.2, -0.15) is 0 Å². The van der Waals surface area contributed by atoms with Crippen LogP contribution in [0.2, 0.25) is 0 Å². The number of pyridine rings is 1. The summed E-state index contributed by atoms with van der Waals surface area (Å²) in [4.78, 5) is 17.7. The maximum Gasteiger partial charge on any atom is 0.228 e. The van der Waals surface area contributed by atoms with Crippen LogP contribution in [-0.2, 0) is 4.79 Å². The van der Waals surface area contributed by atoms with Gasteiger partial charge in [0.15, 0.2) is 5.01 Å². The van der Waals surface area contributed by atoms with Gasteiger partial charge < -0.3 is 0 Å². The second kappa shape index (κ2) is 5.88. The van der Waals surface area contributed by atoms with Gasteiger partial charge >= 0.3 is 0 Å². The van der Waals surface area contributed by atoms with Gasteiger partial charge in [-0.05, 0) is 26.0 Å². The highest BCUT2D eigenvalue weighted by Gasteiger charge is 2.21. The predicted molar refractivity (Wildman–Crippen MR) is 76.1 cm³/mol. The molecule has 0 aromatic carbocycles. The van der Waals surface area contributed by atoms with Gasteiger partial charge in [0.1, 0.15) is 0 Å². The van der Waals surface area contributed by atoms with Gasteiger partial charge in [0.2, 0.25) is 11.0 Å². The molecule has 6 heteroatoms. The summed E-state index contributed by atoms with van der Waals surface area (Å²) in [5.74, 6) is 0.0592. The van der Waals surface area contributed by atoms with E-state index in [1.165, 1.54) is 11.3 Å². The molecule has 0 atom stereocenters. The number of carbonyl (C=O) groups excluding carboxylic acids is 1. The van der Waals surface area contributed by atoms with Crippen molar-refractivity contribution in [1.29, 1.82) is 0 Å². The zero-order chi connectivity index (χ0) is 13.8. The van der Waals surface area contributed by atoms with E-state index in [-0.39, 0.29) is 11.9 Å². The van der Waals surface area contributed by atoms with E-state index in [1.54, 1.807) is 17.3 Å². The Morgan fingerprint density at radius 2 is 2.21 bits per heavy atom. The van der Waals surface area contributed by atoms with Crippen LogP contribution in [0.4, 0.5) is 5.13 Å². The largest absolute Gasteiger partial charge is 0.284 e. The lowest BCUT2D eigenvalue weighted by Gasteiger charge is -2.22. The summed E-state index contributed by atoms with van der Waals surface area (Å²) in [6.45, 7) is 5.79. The highest BCUT2D eigenvalue weighted by molar-refractivity contribution is 7.18. The molecule has 1 amide bonds. The van der Waals surface area contributed by atoms with Crippen molar-refractivity contribution in [2.75, 3.05) is 4.90 Å². The van der Waals surface area contributed by atoms with Gasteiger partial charge in [-0.15, -0.1) is 10.2 Å². The summed E-state index contributed by atoms with van der Waals surface area (Å²) in [5.41, 5.74) is 0.916. The first-order chi connectivity index (χ1) is 9.13. The lowest BCUT2D eigenvalue weighted by molar-refractivity contribution is -0.118. The van der Waals surface area contributed by atoms with Crippen LogP contribution in [0.25, 0.3) is 10.6 Å². The minimum atomic E-state index is 0.0592. The molecule has 0 bridgehead atoms. The summed E-state index contributed by atoms with van der Waals surface area (Å²) < 4.78 is 0. The van der Waals surface area contributed by atoms with Gasteiger partial charge in [0, 0.05) is 30.4 Å². The molecular formula is C13H16N4OS. The molecule has 0 radical (unpaired) electrons. The van der Waals surface area contributed by atoms with Crippen LogP contribution in [0, 0.1) is 0 Å². The minimum Gasteiger partial charge on any atom is -0.284 e. The highest BCUT2D eigenvalue weighted by atomic mass is 32.1. The molecule has 0 spiro atoms. The van der Waals surface area contributed by atoms with Crippen molar-refractivity contribution in [1.82, 2.24) is 15.2 Å². The van der Waals surface area contributed by atoms with Gasteiger partial charge in [-0.25, -0.2) is 0 Å². The molecule has 0 fully saturated rings. The first-order valence-electron chi connectivity index (χ1n) is 6.19. The Labute approximate surface area is 116 Å². The Bertz CT molecular complexity index is 553. The molecule has 2 aromatic rings. The Morgan fingerprint density at radius 3 is 2.79 bits per heavy atom. The molecule has 2 aromatic heterocycles. The number of anilines is 1. The Hall–Kier alpha value is -1.82. The lowest BCUT2D eigenvalue weighted by Crippen LogP contribution is -2.36. The summed E-state index contributed by atoms with van der Waals surface area (Å²) in [5, 5.41) is 9.69. The first kappa shape index (κ1) is 13.6. The molecule has 0 saturated heterocycles. The zero-order valence-corrected chi connectivity index (χ0v) is 12.0. The van der Waals surface area contributed by atoms with Crippen molar-refractivity contribution < 1.29 is 4.79 Å². The zero-order valence-electron chi connectivity index (χ0n) is 11.2. The molecule has 0 N–H and O–H groups in total. The maximum atomic E-state index is 12.0. The van der Waals surface area contributed by atoms with Gasteiger partial charge in [-0.1, -0.05) is 18.3 Å². The Morgan fingerprint density at radius 1 is 1.42 bits per heavy atom. The van der Waals surface area contributed by atoms with Crippen LogP contribution in [0.3, 0.4) is 0 Å². The van der Waals surface area contributed by atoms with E-state index in [0.29, 0.717) is 11.6 Å². The number of aromatic nitrogens is 3. The molecule has 2 heterocycles. The summed E-state index contributed by atoms with van der Waals surface area (Å²) in [7, 11) is 0. The molecule has 5 nitrogen and oxygen atoms in total. The fraction of sp³-hybridized carbons (Fsp3) is 0.385. The Kier molecular flexibility index (Phi) is 4.21. The van der Waals surface area contributed by atoms with Crippen molar-refractivity contribution in [2.24, 2.45) is 0 Å². The third-order valence-electron chi connectivity index (χ3n) is 2.62. The fourth-order valence-electron chi connectivity index (χ4n) is 1.70. The van der Waals surface area contributed by atoms with E-state index in [2.05, 4.69) is 15.2 Å². The second-order valence-corrected chi connectivity index (χ2v) is 5.30. The average molecular weight is 276 g/mol. The Balaban J connectivity index is 2.32. The summed E-state index contributed by atoms with van der Waals surface area (Å²) in [6, 6.07) is 3.86. The average Bonchev–Trinajstić information content (AvgIpc) is 2.88. The number of amides is 1. The maximum absolute atomic E-state index is 12.0. The molecule has 0 aliphatic carbocycles. The van der Waals surface area contributed by atoms with Crippen molar-refractivity contribution in [3.63, 3.8) is 0 Å². The highest BCUT2D eigenvalue weighted by Crippen LogP contribution is 2.29. The third kappa shape index (κ3) is 2.96. The molecule has 0 aliphatic rings. The lowest BCUT2D eigenvalue weighted by atomic mass is 10.3. The number of carbonyl (C=O) groups is 1. The molecule has 19 heavy (non-hydrogen) atoms. The van der Waals surface area contributed by atoms with E-state index in [0.717, 1.165) is 10.6 Å². The van der Waals surface area contributed by atoms with Crippen LogP contribution in [0.15, 0.2) is 24.5 Å². The van der Waals surface area contributed by atoms with Crippen molar-refractivity contribution in [3.8, 4) is 10.6 Å². The standard InChI is InChI=1S/C13H16N4OS/c1-4-11(18)17(9(2)3)13-16-15-12(19-13)10-6-5-7-14-8-10/h5-9H,4H2,1-3H3. The fourth-order valence-corrected chi connectivity index (χ4v) is 2.69. The molecule has 100 valence electrons. The molecular weight excluding hydrogens is 260 g/mol. The summed E-state index contributed by atoms with van der Waals surface area (Å²) in [6.07, 6.45) is 3.91. The molecule has 2 rings (SSSR count). The van der Waals surface area contributed by atoms with E-state index in [9.17, 15) is 4.79 Å². The topological polar surface area (TPSA) is 59.0 Å². The number of hydrogen-bond acceptors (Lipinski definition) is 5. The second-order valence-electron chi connectivity index (χ2n) is 4.34.